The molecule has 1 N–H and O–H groups in total. The minimum Gasteiger partial charge on any atom is -0.481 e. The molecule has 7 nitrogen and oxygen atoms in total. The molecule has 2 heterocycles. The van der Waals surface area contributed by atoms with E-state index in [-0.39, 0.29) is 18.1 Å². The number of nitrogens with zero attached hydrogens (tertiary/aromatic N) is 4. The molecule has 1 aromatic heterocycles. The van der Waals surface area contributed by atoms with Crippen LogP contribution in [0.1, 0.15) is 42.9 Å². The second-order valence-electron chi connectivity index (χ2n) is 6.83. The standard InChI is InChI=1S/C18H21ClN4O3/c1-3-14-15(20-21-23(14)13-7-4-6-12(19)10-13)16(24)22-9-5-8-18(2,11-22)17(25)26/h4,6-7,10H,3,5,8-9,11H2,1-2H3,(H,25,26). The van der Waals surface area contributed by atoms with E-state index in [2.05, 4.69) is 10.3 Å². The monoisotopic (exact) mass is 376 g/mol. The third-order valence-electron chi connectivity index (χ3n) is 4.85. The van der Waals surface area contributed by atoms with Crippen molar-refractivity contribution in [3.05, 3.63) is 40.7 Å². The third kappa shape index (κ3) is 3.31. The molecule has 0 saturated carbocycles. The Labute approximate surface area is 156 Å². The van der Waals surface area contributed by atoms with Crippen LogP contribution >= 0.6 is 11.6 Å². The first kappa shape index (κ1) is 18.4. The lowest BCUT2D eigenvalue weighted by Crippen LogP contribution is -2.48. The minimum absolute atomic E-state index is 0.175. The Balaban J connectivity index is 1.92. The van der Waals surface area contributed by atoms with Crippen molar-refractivity contribution in [2.45, 2.75) is 33.1 Å². The average Bonchev–Trinajstić information content (AvgIpc) is 3.05. The Kier molecular flexibility index (Phi) is 5.00. The summed E-state index contributed by atoms with van der Waals surface area (Å²) < 4.78 is 1.61. The van der Waals surface area contributed by atoms with Gasteiger partial charge in [-0.2, -0.15) is 0 Å². The molecular weight excluding hydrogens is 356 g/mol. The molecule has 1 unspecified atom stereocenters. The van der Waals surface area contributed by atoms with Crippen molar-refractivity contribution in [3.63, 3.8) is 0 Å². The SMILES string of the molecule is CCc1c(C(=O)N2CCCC(C)(C(=O)O)C2)nnn1-c1cccc(Cl)c1. The molecule has 0 bridgehead atoms. The van der Waals surface area contributed by atoms with Crippen molar-refractivity contribution in [1.82, 2.24) is 19.9 Å². The average molecular weight is 377 g/mol. The smallest absolute Gasteiger partial charge is 0.311 e. The highest BCUT2D eigenvalue weighted by Gasteiger charge is 2.40. The highest BCUT2D eigenvalue weighted by molar-refractivity contribution is 6.30. The number of carboxylic acid groups (broad SMARTS) is 1. The van der Waals surface area contributed by atoms with Gasteiger partial charge in [-0.15, -0.1) is 5.10 Å². The van der Waals surface area contributed by atoms with Crippen molar-refractivity contribution in [2.24, 2.45) is 5.41 Å². The van der Waals surface area contributed by atoms with Gasteiger partial charge in [-0.05, 0) is 44.4 Å². The Morgan fingerprint density at radius 1 is 1.38 bits per heavy atom. The summed E-state index contributed by atoms with van der Waals surface area (Å²) in [4.78, 5) is 26.1. The van der Waals surface area contributed by atoms with Crippen LogP contribution in [0.4, 0.5) is 0 Å². The predicted molar refractivity (Wildman–Crippen MR) is 96.6 cm³/mol. The van der Waals surface area contributed by atoms with E-state index in [1.54, 1.807) is 28.6 Å². The number of rotatable bonds is 4. The summed E-state index contributed by atoms with van der Waals surface area (Å²) in [5.74, 6) is -1.16. The molecule has 8 heteroatoms. The largest absolute Gasteiger partial charge is 0.481 e. The van der Waals surface area contributed by atoms with Crippen LogP contribution in [0, 0.1) is 5.41 Å². The molecule has 0 aliphatic carbocycles. The van der Waals surface area contributed by atoms with E-state index >= 15 is 0 Å². The van der Waals surface area contributed by atoms with Crippen molar-refractivity contribution in [3.8, 4) is 5.69 Å². The van der Waals surface area contributed by atoms with Crippen LogP contribution in [-0.4, -0.2) is 50.0 Å². The molecule has 2 aromatic rings. The van der Waals surface area contributed by atoms with E-state index in [1.165, 1.54) is 0 Å². The maximum absolute atomic E-state index is 13.0. The van der Waals surface area contributed by atoms with Crippen molar-refractivity contribution in [2.75, 3.05) is 13.1 Å². The number of aliphatic carboxylic acids is 1. The van der Waals surface area contributed by atoms with Gasteiger partial charge >= 0.3 is 5.97 Å². The highest BCUT2D eigenvalue weighted by atomic mass is 35.5. The zero-order valence-corrected chi connectivity index (χ0v) is 15.5. The molecule has 1 amide bonds. The van der Waals surface area contributed by atoms with Crippen LogP contribution in [0.2, 0.25) is 5.02 Å². The van der Waals surface area contributed by atoms with E-state index in [1.807, 2.05) is 19.1 Å². The second-order valence-corrected chi connectivity index (χ2v) is 7.26. The van der Waals surface area contributed by atoms with Crippen LogP contribution in [0.25, 0.3) is 5.69 Å². The Morgan fingerprint density at radius 3 is 2.81 bits per heavy atom. The number of carbonyl (C=O) groups is 2. The molecule has 0 spiro atoms. The van der Waals surface area contributed by atoms with Gasteiger partial charge in [0.25, 0.3) is 5.91 Å². The molecule has 138 valence electrons. The maximum atomic E-state index is 13.0. The topological polar surface area (TPSA) is 88.3 Å². The van der Waals surface area contributed by atoms with E-state index < -0.39 is 11.4 Å². The molecule has 1 fully saturated rings. The normalized spacial score (nSPS) is 20.2. The van der Waals surface area contributed by atoms with Crippen LogP contribution in [0.5, 0.6) is 0 Å². The van der Waals surface area contributed by atoms with E-state index in [9.17, 15) is 14.7 Å². The van der Waals surface area contributed by atoms with Gasteiger partial charge in [-0.3, -0.25) is 9.59 Å². The number of carbonyl (C=O) groups excluding carboxylic acids is 1. The summed E-state index contributed by atoms with van der Waals surface area (Å²) in [5, 5.41) is 18.3. The number of aromatic nitrogens is 3. The van der Waals surface area contributed by atoms with Gasteiger partial charge in [-0.1, -0.05) is 29.8 Å². The summed E-state index contributed by atoms with van der Waals surface area (Å²) in [6, 6.07) is 7.17. The molecule has 1 atom stereocenters. The quantitative estimate of drug-likeness (QED) is 0.886. The predicted octanol–water partition coefficient (Wildman–Crippen LogP) is 2.81. The van der Waals surface area contributed by atoms with Gasteiger partial charge in [0.2, 0.25) is 0 Å². The Hall–Kier alpha value is -2.41. The zero-order chi connectivity index (χ0) is 18.9. The van der Waals surface area contributed by atoms with Gasteiger partial charge in [0.15, 0.2) is 5.69 Å². The van der Waals surface area contributed by atoms with Crippen LogP contribution in [-0.2, 0) is 11.2 Å². The van der Waals surface area contributed by atoms with Gasteiger partial charge in [0.1, 0.15) is 0 Å². The Bertz CT molecular complexity index is 851. The first-order chi connectivity index (χ1) is 12.4. The third-order valence-corrected chi connectivity index (χ3v) is 5.09. The Morgan fingerprint density at radius 2 is 2.15 bits per heavy atom. The summed E-state index contributed by atoms with van der Waals surface area (Å²) in [7, 11) is 0. The van der Waals surface area contributed by atoms with Crippen LogP contribution in [0.3, 0.4) is 0 Å². The molecule has 1 saturated heterocycles. The van der Waals surface area contributed by atoms with Gasteiger partial charge in [-0.25, -0.2) is 4.68 Å². The fourth-order valence-electron chi connectivity index (χ4n) is 3.34. The minimum atomic E-state index is -0.927. The number of benzene rings is 1. The molecule has 3 rings (SSSR count). The molecular formula is C18H21ClN4O3. The summed E-state index contributed by atoms with van der Waals surface area (Å²) >= 11 is 6.05. The fourth-order valence-corrected chi connectivity index (χ4v) is 3.52. The van der Waals surface area contributed by atoms with Crippen molar-refractivity contribution >= 4 is 23.5 Å². The number of hydrogen-bond donors (Lipinski definition) is 1. The van der Waals surface area contributed by atoms with E-state index in [0.29, 0.717) is 36.5 Å². The number of carboxylic acids is 1. The second kappa shape index (κ2) is 7.07. The summed E-state index contributed by atoms with van der Waals surface area (Å²) in [6.07, 6.45) is 1.77. The van der Waals surface area contributed by atoms with E-state index in [0.717, 1.165) is 5.69 Å². The maximum Gasteiger partial charge on any atom is 0.311 e. The number of amides is 1. The summed E-state index contributed by atoms with van der Waals surface area (Å²) in [5.41, 5.74) is 0.750. The van der Waals surface area contributed by atoms with Gasteiger partial charge in [0.05, 0.1) is 16.8 Å². The lowest BCUT2D eigenvalue weighted by molar-refractivity contribution is -0.150. The fraction of sp³-hybridized carbons (Fsp3) is 0.444. The summed E-state index contributed by atoms with van der Waals surface area (Å²) in [6.45, 7) is 4.30. The molecule has 26 heavy (non-hydrogen) atoms. The number of likely N-dealkylation sites (tertiary alicyclic amines) is 1. The van der Waals surface area contributed by atoms with Crippen LogP contribution in [0.15, 0.2) is 24.3 Å². The zero-order valence-electron chi connectivity index (χ0n) is 14.8. The first-order valence-corrected chi connectivity index (χ1v) is 8.96. The van der Waals surface area contributed by atoms with Gasteiger partial charge in [0, 0.05) is 18.1 Å². The first-order valence-electron chi connectivity index (χ1n) is 8.59. The van der Waals surface area contributed by atoms with Crippen LogP contribution < -0.4 is 0 Å². The molecule has 1 aromatic carbocycles. The van der Waals surface area contributed by atoms with Crippen molar-refractivity contribution in [1.29, 1.82) is 0 Å². The number of piperidine rings is 1. The molecule has 1 aliphatic rings. The lowest BCUT2D eigenvalue weighted by atomic mass is 9.82. The van der Waals surface area contributed by atoms with Crippen molar-refractivity contribution < 1.29 is 14.7 Å². The molecule has 0 radical (unpaired) electrons. The molecule has 1 aliphatic heterocycles. The lowest BCUT2D eigenvalue weighted by Gasteiger charge is -2.37. The highest BCUT2D eigenvalue weighted by Crippen LogP contribution is 2.30. The number of halogens is 1. The van der Waals surface area contributed by atoms with Gasteiger partial charge < -0.3 is 10.0 Å². The van der Waals surface area contributed by atoms with E-state index in [4.69, 9.17) is 11.6 Å². The number of hydrogen-bond acceptors (Lipinski definition) is 4.